The van der Waals surface area contributed by atoms with Crippen LogP contribution in [0, 0.1) is 40.4 Å². The molecule has 77 heavy (non-hydrogen) atoms. The second-order valence-corrected chi connectivity index (χ2v) is 25.7. The number of aliphatic hydroxyl groups excluding tert-OH is 2. The Hall–Kier alpha value is -3.31. The van der Waals surface area contributed by atoms with E-state index in [2.05, 4.69) is 43.4 Å². The highest BCUT2D eigenvalue weighted by Crippen LogP contribution is 2.70. The number of esters is 1. The molecule has 17 heteroatoms. The highest BCUT2D eigenvalue weighted by Gasteiger charge is 2.76. The van der Waals surface area contributed by atoms with Crippen molar-refractivity contribution < 1.29 is 79.3 Å². The van der Waals surface area contributed by atoms with Gasteiger partial charge in [0.05, 0.1) is 32.4 Å². The molecule has 2 aromatic rings. The van der Waals surface area contributed by atoms with Crippen molar-refractivity contribution in [3.8, 4) is 5.75 Å². The molecule has 5 aliphatic carbocycles. The molecule has 8 rings (SSSR count). The van der Waals surface area contributed by atoms with Crippen molar-refractivity contribution in [1.82, 2.24) is 5.32 Å². The molecule has 0 aromatic heterocycles. The average Bonchev–Trinajstić information content (AvgIpc) is 4.02. The lowest BCUT2D eigenvalue weighted by atomic mass is 9.46. The van der Waals surface area contributed by atoms with Gasteiger partial charge in [-0.3, -0.25) is 19.4 Å². The maximum absolute atomic E-state index is 15.3. The van der Waals surface area contributed by atoms with Crippen LogP contribution >= 0.6 is 7.82 Å². The lowest BCUT2D eigenvalue weighted by molar-refractivity contribution is -0.923. The van der Waals surface area contributed by atoms with E-state index < -0.39 is 67.5 Å². The third-order valence-electron chi connectivity index (χ3n) is 18.5. The third-order valence-corrected chi connectivity index (χ3v) is 19.0. The smallest absolute Gasteiger partial charge is 0.524 e. The van der Waals surface area contributed by atoms with Crippen LogP contribution in [0.5, 0.6) is 5.75 Å². The zero-order valence-corrected chi connectivity index (χ0v) is 48.1. The number of phosphoric acid groups is 1. The highest BCUT2D eigenvalue weighted by atomic mass is 35.5. The van der Waals surface area contributed by atoms with Crippen molar-refractivity contribution in [3.05, 3.63) is 89.0 Å². The zero-order valence-electron chi connectivity index (χ0n) is 46.4. The quantitative estimate of drug-likeness (QED) is 0.0315. The van der Waals surface area contributed by atoms with Gasteiger partial charge in [0, 0.05) is 53.9 Å². The number of allylic oxidation sites excluding steroid dienone is 4. The van der Waals surface area contributed by atoms with Gasteiger partial charge in [0.1, 0.15) is 12.3 Å². The van der Waals surface area contributed by atoms with E-state index in [0.29, 0.717) is 24.1 Å². The first-order chi connectivity index (χ1) is 36.2. The van der Waals surface area contributed by atoms with Crippen LogP contribution < -0.4 is 22.2 Å². The number of likely N-dealkylation sites (N-methyl/N-ethyl adjacent to an activating group) is 1. The van der Waals surface area contributed by atoms with Gasteiger partial charge >= 0.3 is 13.8 Å². The van der Waals surface area contributed by atoms with Gasteiger partial charge in [0.15, 0.2) is 30.3 Å². The minimum absolute atomic E-state index is 0. The number of benzene rings is 2. The molecule has 5 unspecified atom stereocenters. The van der Waals surface area contributed by atoms with E-state index in [1.165, 1.54) is 11.6 Å². The summed E-state index contributed by atoms with van der Waals surface area (Å²) in [6.45, 7) is 9.95. The number of nitrogens with zero attached hydrogens (tertiary/aromatic N) is 1. The van der Waals surface area contributed by atoms with Crippen LogP contribution in [0.15, 0.2) is 72.3 Å². The Kier molecular flexibility index (Phi) is 20.8. The molecule has 15 nitrogen and oxygen atoms in total. The fourth-order valence-electron chi connectivity index (χ4n) is 15.0. The number of rotatable bonds is 26. The molecule has 2 aromatic carbocycles. The Morgan fingerprint density at radius 1 is 0.948 bits per heavy atom. The molecule has 5 fully saturated rings. The normalized spacial score (nSPS) is 29.9. The maximum Gasteiger partial charge on any atom is 0.524 e. The van der Waals surface area contributed by atoms with Crippen molar-refractivity contribution in [2.75, 3.05) is 47.0 Å². The standard InChI is InChI=1S/C60H87N2O13P.ClH/c1-40(2)55(62(5,6)38-44-33-43(24-27-51(44)75-76(68,69)70)50(65)37-61-30-16-7-8-17-31-71-32-18-15-21-41-19-11-9-12-20-41)56(67)72-39-52(66)60-53(73-57(74-60)42-22-13-10-14-23-42)35-48-47-26-25-45-34-46(63)28-29-58(45,3)54(47)49(64)36-59(48,60)4;/h9,11-12,19-20,24,27-29,33-34,40,42,47-50,53-55,57,61,64-65H,7-8,10,13-18,21-23,25-26,30-32,35-39H2,1-6H3,(H-,68,69,70);1H/t47?,48?,49-,50?,53-,54?,55?,57+,58-,59-,60+;/m0./s1. The number of hydrogen-bond donors (Lipinski definition) is 5. The first-order valence-corrected chi connectivity index (χ1v) is 30.1. The van der Waals surface area contributed by atoms with Crippen molar-refractivity contribution in [2.45, 2.75) is 173 Å². The Morgan fingerprint density at radius 3 is 2.38 bits per heavy atom. The van der Waals surface area contributed by atoms with Gasteiger partial charge in [0.2, 0.25) is 5.78 Å². The number of quaternary nitrogens is 1. The minimum Gasteiger partial charge on any atom is -1.00 e. The van der Waals surface area contributed by atoms with E-state index in [4.69, 9.17) is 23.5 Å². The molecule has 6 aliphatic rings. The Bertz CT molecular complexity index is 2440. The number of ether oxygens (including phenoxy) is 4. The van der Waals surface area contributed by atoms with Crippen LogP contribution in [-0.2, 0) is 50.9 Å². The van der Waals surface area contributed by atoms with Gasteiger partial charge in [0.25, 0.3) is 0 Å². The highest BCUT2D eigenvalue weighted by molar-refractivity contribution is 7.46. The molecule has 0 bridgehead atoms. The lowest BCUT2D eigenvalue weighted by Gasteiger charge is -2.59. The van der Waals surface area contributed by atoms with Crippen LogP contribution in [-0.4, -0.2) is 119 Å². The average molecular weight is 1110 g/mol. The predicted octanol–water partition coefficient (Wildman–Crippen LogP) is 6.05. The van der Waals surface area contributed by atoms with Gasteiger partial charge in [-0.2, -0.15) is 0 Å². The number of ketones is 2. The summed E-state index contributed by atoms with van der Waals surface area (Å²) in [6, 6.07) is 14.3. The van der Waals surface area contributed by atoms with Crippen LogP contribution in [0.4, 0.5) is 0 Å². The van der Waals surface area contributed by atoms with Gasteiger partial charge in [-0.25, -0.2) is 9.36 Å². The van der Waals surface area contributed by atoms with Crippen LogP contribution in [0.2, 0.25) is 0 Å². The molecule has 1 aliphatic heterocycles. The molecule has 1 saturated heterocycles. The number of fused-ring (bicyclic) bond motifs is 7. The van der Waals surface area contributed by atoms with Crippen molar-refractivity contribution >= 4 is 25.4 Å². The summed E-state index contributed by atoms with van der Waals surface area (Å²) in [4.78, 5) is 62.3. The first kappa shape index (κ1) is 61.3. The molecule has 11 atom stereocenters. The maximum atomic E-state index is 15.3. The second kappa shape index (κ2) is 26.1. The number of nitrogens with one attached hydrogen (secondary N) is 1. The molecule has 0 radical (unpaired) electrons. The zero-order chi connectivity index (χ0) is 54.5. The molecule has 0 spiro atoms. The SMILES string of the molecule is CC(C)C(C(=O)OCC(=O)[C@@]12O[C@H](C3CCCCC3)O[C@H]1CC1C3CCC4=CC(=O)C=C[C@]4(C)C3[C@@H](O)C[C@@]12C)[N+](C)(C)Cc1cc(C(O)CNCCCCCCOCCCCc2ccccc2)ccc1OP(=O)(O)O.[Cl-]. The minimum atomic E-state index is -5.00. The van der Waals surface area contributed by atoms with Gasteiger partial charge < -0.3 is 55.9 Å². The van der Waals surface area contributed by atoms with Crippen LogP contribution in [0.25, 0.3) is 0 Å². The number of halogens is 1. The number of aliphatic hydroxyl groups is 2. The third kappa shape index (κ3) is 13.7. The number of carbonyl (C=O) groups excluding carboxylic acids is 3. The van der Waals surface area contributed by atoms with E-state index in [0.717, 1.165) is 109 Å². The van der Waals surface area contributed by atoms with Crippen molar-refractivity contribution in [3.63, 3.8) is 0 Å². The summed E-state index contributed by atoms with van der Waals surface area (Å²) in [5, 5.41) is 27.0. The number of hydrogen-bond acceptors (Lipinski definition) is 12. The molecular formula is C60H88ClN2O13P. The van der Waals surface area contributed by atoms with E-state index in [1.54, 1.807) is 24.3 Å². The monoisotopic (exact) mass is 1110 g/mol. The largest absolute Gasteiger partial charge is 1.00 e. The number of unbranched alkanes of at least 4 members (excludes halogenated alkanes) is 4. The lowest BCUT2D eigenvalue weighted by Crippen LogP contribution is -3.00. The number of Topliss-reactive ketones (excluding diaryl/α,β-unsaturated/α-hetero) is 1. The summed E-state index contributed by atoms with van der Waals surface area (Å²) < 4.78 is 43.4. The van der Waals surface area contributed by atoms with E-state index in [9.17, 15) is 34.2 Å². The van der Waals surface area contributed by atoms with Gasteiger partial charge in [-0.05, 0) is 124 Å². The van der Waals surface area contributed by atoms with Gasteiger partial charge in [-0.15, -0.1) is 0 Å². The fourth-order valence-corrected chi connectivity index (χ4v) is 15.5. The first-order valence-electron chi connectivity index (χ1n) is 28.5. The summed E-state index contributed by atoms with van der Waals surface area (Å²) >= 11 is 0. The predicted molar refractivity (Wildman–Crippen MR) is 288 cm³/mol. The Morgan fingerprint density at radius 2 is 1.66 bits per heavy atom. The van der Waals surface area contributed by atoms with Crippen LogP contribution in [0.1, 0.15) is 147 Å². The van der Waals surface area contributed by atoms with Crippen LogP contribution in [0.3, 0.4) is 0 Å². The summed E-state index contributed by atoms with van der Waals surface area (Å²) in [5.41, 5.74) is 0.485. The van der Waals surface area contributed by atoms with Gasteiger partial charge in [-0.1, -0.05) is 108 Å². The summed E-state index contributed by atoms with van der Waals surface area (Å²) in [5.74, 6) is -1.46. The molecule has 5 N–H and O–H groups in total. The molecular weight excluding hydrogens is 1020 g/mol. The Balaban J connectivity index is 0.00000861. The number of carbonyl (C=O) groups is 3. The van der Waals surface area contributed by atoms with E-state index >= 15 is 4.79 Å². The molecule has 0 amide bonds. The van der Waals surface area contributed by atoms with E-state index in [1.807, 2.05) is 40.1 Å². The molecule has 4 saturated carbocycles. The van der Waals surface area contributed by atoms with E-state index in [-0.39, 0.29) is 83.3 Å². The Labute approximate surface area is 463 Å². The molecule has 1 heterocycles. The second-order valence-electron chi connectivity index (χ2n) is 24.5. The number of phosphoric ester groups is 1. The van der Waals surface area contributed by atoms with Crippen molar-refractivity contribution in [1.29, 1.82) is 0 Å². The summed E-state index contributed by atoms with van der Waals surface area (Å²) in [6.07, 6.45) is 17.1. The molecule has 428 valence electrons. The summed E-state index contributed by atoms with van der Waals surface area (Å²) in [7, 11) is -1.36. The number of aryl methyl sites for hydroxylation is 1. The van der Waals surface area contributed by atoms with Crippen molar-refractivity contribution in [2.24, 2.45) is 40.4 Å². The topological polar surface area (TPSA) is 207 Å². The fraction of sp³-hybridized carbons (Fsp3) is 0.683.